The van der Waals surface area contributed by atoms with Gasteiger partial charge in [0, 0.05) is 17.6 Å². The third-order valence-corrected chi connectivity index (χ3v) is 4.53. The van der Waals surface area contributed by atoms with Crippen LogP contribution in [0, 0.1) is 6.92 Å². The quantitative estimate of drug-likeness (QED) is 0.329. The lowest BCUT2D eigenvalue weighted by Crippen LogP contribution is -2.06. The predicted octanol–water partition coefficient (Wildman–Crippen LogP) is 5.49. The minimum Gasteiger partial charge on any atom is -0.478 e. The fourth-order valence-corrected chi connectivity index (χ4v) is 3.19. The summed E-state index contributed by atoms with van der Waals surface area (Å²) in [6, 6.07) is 3.34. The van der Waals surface area contributed by atoms with Crippen molar-refractivity contribution in [2.75, 3.05) is 14.2 Å². The molecule has 0 amide bonds. The zero-order chi connectivity index (χ0) is 21.0. The summed E-state index contributed by atoms with van der Waals surface area (Å²) in [5.41, 5.74) is 2.05. The lowest BCUT2D eigenvalue weighted by molar-refractivity contribution is -0.0552. The summed E-state index contributed by atoms with van der Waals surface area (Å²) in [5, 5.41) is 8.31. The normalized spacial score (nSPS) is 12.5. The fourth-order valence-electron chi connectivity index (χ4n) is 2.38. The lowest BCUT2D eigenvalue weighted by atomic mass is 10.0. The summed E-state index contributed by atoms with van der Waals surface area (Å²) in [5.74, 6) is -0.198. The molecule has 0 aliphatic rings. The molecule has 0 aliphatic heterocycles. The third-order valence-electron chi connectivity index (χ3n) is 3.59. The van der Waals surface area contributed by atoms with Crippen molar-refractivity contribution < 1.29 is 23.1 Å². The van der Waals surface area contributed by atoms with Crippen LogP contribution in [0.5, 0.6) is 5.88 Å². The topological polar surface area (TPSA) is 57.9 Å². The minimum atomic E-state index is -3.03. The Kier molecular flexibility index (Phi) is 7.51. The Balaban J connectivity index is 2.57. The SMILES string of the molecule is CO/N=C(OC)\C(Cl)=C/c1cc(-c2nn(C)c(OC(F)F)c2Cl)c(C)cc1Cl. The van der Waals surface area contributed by atoms with E-state index in [9.17, 15) is 8.78 Å². The summed E-state index contributed by atoms with van der Waals surface area (Å²) < 4.78 is 35.8. The third kappa shape index (κ3) is 4.87. The van der Waals surface area contributed by atoms with Crippen LogP contribution in [0.25, 0.3) is 17.3 Å². The fraction of sp³-hybridized carbons (Fsp3) is 0.294. The number of rotatable bonds is 6. The number of aromatic nitrogens is 2. The second-order valence-corrected chi connectivity index (χ2v) is 6.63. The van der Waals surface area contributed by atoms with Gasteiger partial charge < -0.3 is 14.3 Å². The first-order chi connectivity index (χ1) is 13.2. The van der Waals surface area contributed by atoms with E-state index in [0.717, 1.165) is 10.2 Å². The van der Waals surface area contributed by atoms with E-state index in [1.807, 2.05) is 0 Å². The van der Waals surface area contributed by atoms with Crippen LogP contribution in [-0.4, -0.2) is 36.5 Å². The summed E-state index contributed by atoms with van der Waals surface area (Å²) in [7, 11) is 4.18. The van der Waals surface area contributed by atoms with E-state index in [2.05, 4.69) is 19.8 Å². The largest absolute Gasteiger partial charge is 0.478 e. The first kappa shape index (κ1) is 22.3. The van der Waals surface area contributed by atoms with Gasteiger partial charge in [0.15, 0.2) is 0 Å². The van der Waals surface area contributed by atoms with Crippen LogP contribution < -0.4 is 4.74 Å². The van der Waals surface area contributed by atoms with Crippen LogP contribution in [-0.2, 0) is 16.6 Å². The number of methoxy groups -OCH3 is 1. The number of oxime groups is 1. The van der Waals surface area contributed by atoms with Gasteiger partial charge in [0.25, 0.3) is 5.90 Å². The predicted molar refractivity (Wildman–Crippen MR) is 105 cm³/mol. The summed E-state index contributed by atoms with van der Waals surface area (Å²) in [4.78, 5) is 4.66. The van der Waals surface area contributed by atoms with Gasteiger partial charge in [-0.05, 0) is 41.4 Å². The van der Waals surface area contributed by atoms with Gasteiger partial charge in [-0.2, -0.15) is 13.9 Å². The molecule has 11 heteroatoms. The van der Waals surface area contributed by atoms with Crippen molar-refractivity contribution >= 4 is 46.8 Å². The van der Waals surface area contributed by atoms with Crippen molar-refractivity contribution in [3.8, 4) is 17.1 Å². The van der Waals surface area contributed by atoms with Crippen molar-refractivity contribution in [3.05, 3.63) is 38.3 Å². The molecule has 0 N–H and O–H groups in total. The van der Waals surface area contributed by atoms with Gasteiger partial charge in [-0.25, -0.2) is 4.68 Å². The Morgan fingerprint density at radius 2 is 1.96 bits per heavy atom. The maximum atomic E-state index is 12.6. The zero-order valence-corrected chi connectivity index (χ0v) is 17.5. The van der Waals surface area contributed by atoms with Crippen LogP contribution in [0.1, 0.15) is 11.1 Å². The van der Waals surface area contributed by atoms with Gasteiger partial charge in [-0.1, -0.05) is 34.8 Å². The molecule has 28 heavy (non-hydrogen) atoms. The first-order valence-electron chi connectivity index (χ1n) is 7.70. The molecular formula is C17H16Cl3F2N3O3. The molecular weight excluding hydrogens is 439 g/mol. The van der Waals surface area contributed by atoms with Crippen LogP contribution in [0.4, 0.5) is 8.78 Å². The van der Waals surface area contributed by atoms with Gasteiger partial charge in [0.05, 0.1) is 7.11 Å². The van der Waals surface area contributed by atoms with Crippen molar-refractivity contribution in [1.29, 1.82) is 0 Å². The lowest BCUT2D eigenvalue weighted by Gasteiger charge is -2.09. The van der Waals surface area contributed by atoms with Crippen LogP contribution >= 0.6 is 34.8 Å². The molecule has 0 radical (unpaired) electrons. The molecule has 2 rings (SSSR count). The number of halogens is 5. The molecule has 0 aliphatic carbocycles. The van der Waals surface area contributed by atoms with Crippen LogP contribution in [0.15, 0.2) is 22.3 Å². The Labute approximate surface area is 175 Å². The molecule has 1 aromatic carbocycles. The van der Waals surface area contributed by atoms with E-state index in [-0.39, 0.29) is 27.5 Å². The highest BCUT2D eigenvalue weighted by Gasteiger charge is 2.22. The Bertz CT molecular complexity index is 930. The van der Waals surface area contributed by atoms with Gasteiger partial charge in [0.2, 0.25) is 5.88 Å². The second-order valence-electron chi connectivity index (χ2n) is 5.43. The molecule has 1 heterocycles. The molecule has 2 aromatic rings. The monoisotopic (exact) mass is 453 g/mol. The van der Waals surface area contributed by atoms with Crippen molar-refractivity contribution in [2.45, 2.75) is 13.5 Å². The van der Waals surface area contributed by atoms with E-state index < -0.39 is 6.61 Å². The summed E-state index contributed by atoms with van der Waals surface area (Å²) >= 11 is 18.7. The Morgan fingerprint density at radius 3 is 2.54 bits per heavy atom. The highest BCUT2D eigenvalue weighted by molar-refractivity contribution is 6.44. The number of nitrogens with zero attached hydrogens (tertiary/aromatic N) is 3. The van der Waals surface area contributed by atoms with Crippen LogP contribution in [0.2, 0.25) is 10.0 Å². The van der Waals surface area contributed by atoms with Gasteiger partial charge in [0.1, 0.15) is 22.9 Å². The second kappa shape index (κ2) is 9.45. The summed E-state index contributed by atoms with van der Waals surface area (Å²) in [6.07, 6.45) is 1.52. The van der Waals surface area contributed by atoms with E-state index in [1.54, 1.807) is 19.1 Å². The van der Waals surface area contributed by atoms with Crippen molar-refractivity contribution in [2.24, 2.45) is 12.2 Å². The van der Waals surface area contributed by atoms with Gasteiger partial charge in [-0.15, -0.1) is 0 Å². The number of hydrogen-bond donors (Lipinski definition) is 0. The van der Waals surface area contributed by atoms with E-state index in [1.165, 1.54) is 27.3 Å². The van der Waals surface area contributed by atoms with Crippen LogP contribution in [0.3, 0.4) is 0 Å². The molecule has 0 fully saturated rings. The molecule has 0 unspecified atom stereocenters. The number of aryl methyl sites for hydroxylation is 2. The number of ether oxygens (including phenoxy) is 2. The smallest absolute Gasteiger partial charge is 0.388 e. The number of hydrogen-bond acceptors (Lipinski definition) is 5. The molecule has 6 nitrogen and oxygen atoms in total. The average molecular weight is 455 g/mol. The standard InChI is InChI=1S/C17H16Cl3F2N3O3/c1-8-5-11(18)9(7-12(19)15(26-3)24-27-4)6-10(8)14-13(20)16(25(2)23-14)28-17(21)22/h5-7,17H,1-4H3/b12-7+,24-15+. The summed E-state index contributed by atoms with van der Waals surface area (Å²) in [6.45, 7) is -1.25. The maximum Gasteiger partial charge on any atom is 0.388 e. The molecule has 152 valence electrons. The highest BCUT2D eigenvalue weighted by Crippen LogP contribution is 2.38. The number of benzene rings is 1. The molecule has 0 saturated carbocycles. The number of alkyl halides is 2. The minimum absolute atomic E-state index is 0.0471. The Morgan fingerprint density at radius 1 is 1.29 bits per heavy atom. The average Bonchev–Trinajstić information content (AvgIpc) is 2.89. The molecule has 1 aromatic heterocycles. The molecule has 0 spiro atoms. The van der Waals surface area contributed by atoms with Crippen molar-refractivity contribution in [1.82, 2.24) is 9.78 Å². The first-order valence-corrected chi connectivity index (χ1v) is 8.83. The molecule has 0 bridgehead atoms. The van der Waals surface area contributed by atoms with Crippen molar-refractivity contribution in [3.63, 3.8) is 0 Å². The molecule has 0 saturated heterocycles. The maximum absolute atomic E-state index is 12.6. The molecule has 0 atom stereocenters. The van der Waals surface area contributed by atoms with E-state index in [0.29, 0.717) is 16.1 Å². The van der Waals surface area contributed by atoms with E-state index >= 15 is 0 Å². The Hall–Kier alpha value is -2.03. The van der Waals surface area contributed by atoms with E-state index in [4.69, 9.17) is 39.5 Å². The van der Waals surface area contributed by atoms with Gasteiger partial charge in [-0.3, -0.25) is 0 Å². The van der Waals surface area contributed by atoms with Gasteiger partial charge >= 0.3 is 6.61 Å². The highest BCUT2D eigenvalue weighted by atomic mass is 35.5. The zero-order valence-electron chi connectivity index (χ0n) is 15.3.